The first-order valence-electron chi connectivity index (χ1n) is 6.17. The molecule has 0 amide bonds. The Morgan fingerprint density at radius 1 is 1.20 bits per heavy atom. The maximum absolute atomic E-state index is 13.3. The van der Waals surface area contributed by atoms with Gasteiger partial charge in [0.1, 0.15) is 22.7 Å². The summed E-state index contributed by atoms with van der Waals surface area (Å²) in [6.07, 6.45) is 0.906. The lowest BCUT2D eigenvalue weighted by molar-refractivity contribution is 0.116. The summed E-state index contributed by atoms with van der Waals surface area (Å²) in [6, 6.07) is 5.96. The second-order valence-electron chi connectivity index (χ2n) is 4.16. The molecule has 1 aromatic heterocycles. The third-order valence-electron chi connectivity index (χ3n) is 2.56. The monoisotopic (exact) mass is 314 g/mol. The summed E-state index contributed by atoms with van der Waals surface area (Å²) in [4.78, 5) is 8.27. The summed E-state index contributed by atoms with van der Waals surface area (Å²) >= 11 is 12.2. The highest BCUT2D eigenvalue weighted by Gasteiger charge is 2.14. The van der Waals surface area contributed by atoms with Gasteiger partial charge in [0.15, 0.2) is 5.82 Å². The van der Waals surface area contributed by atoms with E-state index in [4.69, 9.17) is 27.9 Å². The van der Waals surface area contributed by atoms with Gasteiger partial charge >= 0.3 is 0 Å². The minimum Gasteiger partial charge on any atom is -0.373 e. The zero-order valence-corrected chi connectivity index (χ0v) is 12.4. The van der Waals surface area contributed by atoms with Gasteiger partial charge in [0.25, 0.3) is 0 Å². The van der Waals surface area contributed by atoms with Gasteiger partial charge in [-0.2, -0.15) is 0 Å². The lowest BCUT2D eigenvalue weighted by Gasteiger charge is -2.09. The van der Waals surface area contributed by atoms with Crippen LogP contribution >= 0.6 is 23.2 Å². The van der Waals surface area contributed by atoms with Gasteiger partial charge in [0.2, 0.25) is 0 Å². The van der Waals surface area contributed by atoms with Crippen molar-refractivity contribution in [2.75, 3.05) is 6.61 Å². The maximum Gasteiger partial charge on any atom is 0.157 e. The summed E-state index contributed by atoms with van der Waals surface area (Å²) in [5, 5.41) is 0.372. The lowest BCUT2D eigenvalue weighted by atomic mass is 10.1. The third-order valence-corrected chi connectivity index (χ3v) is 3.11. The molecule has 0 N–H and O–H groups in total. The van der Waals surface area contributed by atoms with Crippen LogP contribution in [-0.4, -0.2) is 16.6 Å². The Kier molecular flexibility index (Phi) is 5.29. The number of rotatable bonds is 5. The van der Waals surface area contributed by atoms with E-state index in [1.807, 2.05) is 6.92 Å². The highest BCUT2D eigenvalue weighted by Crippen LogP contribution is 2.32. The van der Waals surface area contributed by atoms with E-state index in [1.165, 1.54) is 12.1 Å². The molecule has 0 unspecified atom stereocenters. The van der Waals surface area contributed by atoms with Gasteiger partial charge in [0, 0.05) is 6.61 Å². The Labute approximate surface area is 126 Å². The molecule has 0 radical (unpaired) electrons. The zero-order chi connectivity index (χ0) is 14.5. The smallest absolute Gasteiger partial charge is 0.157 e. The average molecular weight is 315 g/mol. The number of hydrogen-bond donors (Lipinski definition) is 0. The molecule has 0 bridgehead atoms. The van der Waals surface area contributed by atoms with Gasteiger partial charge in [-0.15, -0.1) is 0 Å². The van der Waals surface area contributed by atoms with Crippen LogP contribution in [0.15, 0.2) is 24.3 Å². The van der Waals surface area contributed by atoms with Gasteiger partial charge in [-0.05, 0) is 24.1 Å². The predicted molar refractivity (Wildman–Crippen MR) is 77.4 cm³/mol. The molecule has 0 spiro atoms. The molecule has 2 aromatic rings. The highest BCUT2D eigenvalue weighted by molar-refractivity contribution is 6.37. The molecule has 6 heteroatoms. The molecule has 1 aromatic carbocycles. The highest BCUT2D eigenvalue weighted by atomic mass is 35.5. The fourth-order valence-corrected chi connectivity index (χ4v) is 2.34. The van der Waals surface area contributed by atoms with E-state index >= 15 is 0 Å². The SMILES string of the molecule is CCCOCc1nc(Cl)c(-c2cccc(F)c2)c(Cl)n1. The molecule has 3 nitrogen and oxygen atoms in total. The summed E-state index contributed by atoms with van der Waals surface area (Å²) < 4.78 is 18.6. The average Bonchev–Trinajstić information content (AvgIpc) is 2.38. The van der Waals surface area contributed by atoms with Crippen molar-refractivity contribution in [3.8, 4) is 11.1 Å². The summed E-state index contributed by atoms with van der Waals surface area (Å²) in [5.74, 6) is 0.0404. The molecule has 2 rings (SSSR count). The Morgan fingerprint density at radius 3 is 2.50 bits per heavy atom. The van der Waals surface area contributed by atoms with Crippen molar-refractivity contribution in [2.24, 2.45) is 0 Å². The molecule has 0 aliphatic rings. The number of aromatic nitrogens is 2. The van der Waals surface area contributed by atoms with Crippen LogP contribution in [0.3, 0.4) is 0 Å². The topological polar surface area (TPSA) is 35.0 Å². The molecule has 20 heavy (non-hydrogen) atoms. The van der Waals surface area contributed by atoms with E-state index in [0.29, 0.717) is 23.6 Å². The molecule has 0 aliphatic heterocycles. The van der Waals surface area contributed by atoms with Crippen LogP contribution < -0.4 is 0 Å². The van der Waals surface area contributed by atoms with Crippen molar-refractivity contribution >= 4 is 23.2 Å². The van der Waals surface area contributed by atoms with Crippen molar-refractivity contribution in [2.45, 2.75) is 20.0 Å². The predicted octanol–water partition coefficient (Wildman–Crippen LogP) is 4.52. The van der Waals surface area contributed by atoms with Crippen LogP contribution in [0.2, 0.25) is 10.3 Å². The lowest BCUT2D eigenvalue weighted by Crippen LogP contribution is -2.02. The molecule has 1 heterocycles. The second-order valence-corrected chi connectivity index (χ2v) is 4.88. The fourth-order valence-electron chi connectivity index (χ4n) is 1.70. The fraction of sp³-hybridized carbons (Fsp3) is 0.286. The molecule has 0 fully saturated rings. The maximum atomic E-state index is 13.3. The molecule has 0 aliphatic carbocycles. The Bertz CT molecular complexity index is 584. The van der Waals surface area contributed by atoms with E-state index in [2.05, 4.69) is 9.97 Å². The first-order chi connectivity index (χ1) is 9.61. The molecular weight excluding hydrogens is 302 g/mol. The standard InChI is InChI=1S/C14H13Cl2FN2O/c1-2-6-20-8-11-18-13(15)12(14(16)19-11)9-4-3-5-10(17)7-9/h3-5,7H,2,6,8H2,1H3. The van der Waals surface area contributed by atoms with Gasteiger partial charge in [-0.1, -0.05) is 42.3 Å². The zero-order valence-electron chi connectivity index (χ0n) is 10.9. The van der Waals surface area contributed by atoms with Crippen molar-refractivity contribution in [1.82, 2.24) is 9.97 Å². The van der Waals surface area contributed by atoms with Crippen LogP contribution in [0.5, 0.6) is 0 Å². The molecular formula is C14H13Cl2FN2O. The van der Waals surface area contributed by atoms with Gasteiger partial charge < -0.3 is 4.74 Å². The van der Waals surface area contributed by atoms with Crippen LogP contribution in [0.1, 0.15) is 19.2 Å². The van der Waals surface area contributed by atoms with Crippen LogP contribution in [0.25, 0.3) is 11.1 Å². The van der Waals surface area contributed by atoms with E-state index in [1.54, 1.807) is 12.1 Å². The van der Waals surface area contributed by atoms with Crippen molar-refractivity contribution in [3.05, 3.63) is 46.2 Å². The van der Waals surface area contributed by atoms with Crippen molar-refractivity contribution in [1.29, 1.82) is 0 Å². The van der Waals surface area contributed by atoms with Crippen LogP contribution in [0.4, 0.5) is 4.39 Å². The van der Waals surface area contributed by atoms with Crippen LogP contribution in [0, 0.1) is 5.82 Å². The van der Waals surface area contributed by atoms with Crippen LogP contribution in [-0.2, 0) is 11.3 Å². The second kappa shape index (κ2) is 6.97. The number of ether oxygens (including phenoxy) is 1. The minimum atomic E-state index is -0.370. The summed E-state index contributed by atoms with van der Waals surface area (Å²) in [7, 11) is 0. The van der Waals surface area contributed by atoms with Crippen molar-refractivity contribution < 1.29 is 9.13 Å². The molecule has 0 atom stereocenters. The van der Waals surface area contributed by atoms with E-state index in [-0.39, 0.29) is 22.7 Å². The first kappa shape index (κ1) is 15.2. The Balaban J connectivity index is 2.31. The molecule has 0 saturated heterocycles. The van der Waals surface area contributed by atoms with E-state index in [0.717, 1.165) is 6.42 Å². The third kappa shape index (κ3) is 3.66. The van der Waals surface area contributed by atoms with Gasteiger partial charge in [0.05, 0.1) is 5.56 Å². The first-order valence-corrected chi connectivity index (χ1v) is 6.93. The quantitative estimate of drug-likeness (QED) is 0.601. The largest absolute Gasteiger partial charge is 0.373 e. The van der Waals surface area contributed by atoms with Gasteiger partial charge in [-0.3, -0.25) is 0 Å². The Hall–Kier alpha value is -1.23. The van der Waals surface area contributed by atoms with Gasteiger partial charge in [-0.25, -0.2) is 14.4 Å². The minimum absolute atomic E-state index is 0.186. The summed E-state index contributed by atoms with van der Waals surface area (Å²) in [5.41, 5.74) is 0.966. The normalized spacial score (nSPS) is 10.8. The number of nitrogens with zero attached hydrogens (tertiary/aromatic N) is 2. The number of hydrogen-bond acceptors (Lipinski definition) is 3. The van der Waals surface area contributed by atoms with E-state index in [9.17, 15) is 4.39 Å². The molecule has 0 saturated carbocycles. The Morgan fingerprint density at radius 2 is 1.90 bits per heavy atom. The number of benzene rings is 1. The number of halogens is 3. The van der Waals surface area contributed by atoms with E-state index < -0.39 is 0 Å². The van der Waals surface area contributed by atoms with Crippen molar-refractivity contribution in [3.63, 3.8) is 0 Å². The summed E-state index contributed by atoms with van der Waals surface area (Å²) in [6.45, 7) is 2.87. The molecule has 106 valence electrons.